The van der Waals surface area contributed by atoms with Crippen LogP contribution >= 0.6 is 0 Å². The monoisotopic (exact) mass is 173 g/mol. The van der Waals surface area contributed by atoms with E-state index in [-0.39, 0.29) is 24.7 Å². The molecule has 1 rings (SSSR count). The van der Waals surface area contributed by atoms with Crippen LogP contribution in [0, 0.1) is 0 Å². The molecule has 1 aliphatic rings. The summed E-state index contributed by atoms with van der Waals surface area (Å²) in [6.07, 6.45) is 1.84. The van der Waals surface area contributed by atoms with Gasteiger partial charge >= 0.3 is 5.97 Å². The van der Waals surface area contributed by atoms with Crippen molar-refractivity contribution < 1.29 is 14.3 Å². The van der Waals surface area contributed by atoms with Crippen LogP contribution in [0.2, 0.25) is 0 Å². The third-order valence-corrected chi connectivity index (χ3v) is 1.94. The molecular formula is C8H15NO3. The lowest BCUT2D eigenvalue weighted by Gasteiger charge is -2.28. The van der Waals surface area contributed by atoms with E-state index in [1.807, 2.05) is 0 Å². The van der Waals surface area contributed by atoms with Gasteiger partial charge in [0.2, 0.25) is 0 Å². The third kappa shape index (κ3) is 2.79. The van der Waals surface area contributed by atoms with Gasteiger partial charge in [-0.3, -0.25) is 4.79 Å². The molecule has 0 aromatic rings. The van der Waals surface area contributed by atoms with Crippen molar-refractivity contribution in [3.8, 4) is 0 Å². The van der Waals surface area contributed by atoms with E-state index in [1.54, 1.807) is 0 Å². The van der Waals surface area contributed by atoms with Crippen molar-refractivity contribution in [1.82, 2.24) is 0 Å². The van der Waals surface area contributed by atoms with E-state index in [1.165, 1.54) is 6.92 Å². The molecule has 1 saturated heterocycles. The van der Waals surface area contributed by atoms with E-state index in [0.29, 0.717) is 0 Å². The highest BCUT2D eigenvalue weighted by molar-refractivity contribution is 5.65. The summed E-state index contributed by atoms with van der Waals surface area (Å²) in [5.41, 5.74) is 5.75. The van der Waals surface area contributed by atoms with Crippen molar-refractivity contribution in [2.45, 2.75) is 31.9 Å². The highest BCUT2D eigenvalue weighted by Gasteiger charge is 2.23. The van der Waals surface area contributed by atoms with E-state index in [4.69, 9.17) is 15.2 Å². The lowest BCUT2D eigenvalue weighted by atomic mass is 10.0. The van der Waals surface area contributed by atoms with Crippen LogP contribution in [-0.2, 0) is 14.3 Å². The summed E-state index contributed by atoms with van der Waals surface area (Å²) < 4.78 is 10.1. The number of nitrogens with two attached hydrogens (primary N) is 1. The first-order valence-corrected chi connectivity index (χ1v) is 4.20. The Kier molecular flexibility index (Phi) is 3.49. The van der Waals surface area contributed by atoms with Gasteiger partial charge in [-0.05, 0) is 12.8 Å². The molecule has 0 radical (unpaired) electrons. The highest BCUT2D eigenvalue weighted by Crippen LogP contribution is 2.11. The van der Waals surface area contributed by atoms with Gasteiger partial charge in [-0.2, -0.15) is 0 Å². The number of ether oxygens (including phenoxy) is 2. The molecular weight excluding hydrogens is 158 g/mol. The van der Waals surface area contributed by atoms with Gasteiger partial charge < -0.3 is 15.2 Å². The van der Waals surface area contributed by atoms with Crippen LogP contribution in [0.1, 0.15) is 19.8 Å². The Hall–Kier alpha value is -0.610. The van der Waals surface area contributed by atoms with Gasteiger partial charge in [-0.1, -0.05) is 0 Å². The van der Waals surface area contributed by atoms with Crippen LogP contribution < -0.4 is 5.73 Å². The SMILES string of the molecule is CC(=O)OCC1OCCCC1N. The fourth-order valence-corrected chi connectivity index (χ4v) is 1.23. The van der Waals surface area contributed by atoms with Gasteiger partial charge in [0.05, 0.1) is 0 Å². The van der Waals surface area contributed by atoms with Gasteiger partial charge in [0.15, 0.2) is 0 Å². The number of carbonyl (C=O) groups excluding carboxylic acids is 1. The maximum absolute atomic E-state index is 10.5. The van der Waals surface area contributed by atoms with Crippen LogP contribution in [0.5, 0.6) is 0 Å². The van der Waals surface area contributed by atoms with Crippen LogP contribution in [-0.4, -0.2) is 31.3 Å². The Bertz CT molecular complexity index is 160. The molecule has 0 aromatic carbocycles. The Morgan fingerprint density at radius 3 is 3.08 bits per heavy atom. The molecule has 1 fully saturated rings. The lowest BCUT2D eigenvalue weighted by Crippen LogP contribution is -2.43. The molecule has 2 atom stereocenters. The van der Waals surface area contributed by atoms with Crippen LogP contribution in [0.4, 0.5) is 0 Å². The zero-order valence-corrected chi connectivity index (χ0v) is 7.29. The minimum absolute atomic E-state index is 0.0121. The number of hydrogen-bond acceptors (Lipinski definition) is 4. The summed E-state index contributed by atoms with van der Waals surface area (Å²) in [5.74, 6) is -0.281. The number of esters is 1. The second-order valence-electron chi connectivity index (χ2n) is 3.02. The third-order valence-electron chi connectivity index (χ3n) is 1.94. The molecule has 0 bridgehead atoms. The van der Waals surface area contributed by atoms with Gasteiger partial charge in [-0.25, -0.2) is 0 Å². The van der Waals surface area contributed by atoms with Gasteiger partial charge in [0.25, 0.3) is 0 Å². The van der Waals surface area contributed by atoms with Crippen molar-refractivity contribution >= 4 is 5.97 Å². The molecule has 2 unspecified atom stereocenters. The molecule has 4 nitrogen and oxygen atoms in total. The van der Waals surface area contributed by atoms with Crippen molar-refractivity contribution in [3.63, 3.8) is 0 Å². The standard InChI is InChI=1S/C8H15NO3/c1-6(10)12-5-8-7(9)3-2-4-11-8/h7-8H,2-5,9H2,1H3. The van der Waals surface area contributed by atoms with Crippen molar-refractivity contribution in [2.24, 2.45) is 5.73 Å². The highest BCUT2D eigenvalue weighted by atomic mass is 16.6. The van der Waals surface area contributed by atoms with E-state index in [9.17, 15) is 4.79 Å². The minimum Gasteiger partial charge on any atom is -0.463 e. The molecule has 4 heteroatoms. The van der Waals surface area contributed by atoms with E-state index < -0.39 is 0 Å². The first kappa shape index (κ1) is 9.48. The van der Waals surface area contributed by atoms with Gasteiger partial charge in [0.1, 0.15) is 12.7 Å². The maximum atomic E-state index is 10.5. The van der Waals surface area contributed by atoms with Gasteiger partial charge in [0, 0.05) is 19.6 Å². The smallest absolute Gasteiger partial charge is 0.302 e. The quantitative estimate of drug-likeness (QED) is 0.600. The second-order valence-corrected chi connectivity index (χ2v) is 3.02. The maximum Gasteiger partial charge on any atom is 0.302 e. The first-order chi connectivity index (χ1) is 5.70. The fraction of sp³-hybridized carbons (Fsp3) is 0.875. The van der Waals surface area contributed by atoms with Crippen LogP contribution in [0.25, 0.3) is 0 Å². The van der Waals surface area contributed by atoms with Gasteiger partial charge in [-0.15, -0.1) is 0 Å². The predicted molar refractivity (Wildman–Crippen MR) is 43.6 cm³/mol. The largest absolute Gasteiger partial charge is 0.463 e. The Balaban J connectivity index is 2.24. The molecule has 0 aliphatic carbocycles. The van der Waals surface area contributed by atoms with E-state index in [2.05, 4.69) is 0 Å². The van der Waals surface area contributed by atoms with Crippen molar-refractivity contribution in [2.75, 3.05) is 13.2 Å². The Morgan fingerprint density at radius 2 is 2.50 bits per heavy atom. The molecule has 0 spiro atoms. The van der Waals surface area contributed by atoms with E-state index >= 15 is 0 Å². The summed E-state index contributed by atoms with van der Waals surface area (Å²) >= 11 is 0. The Morgan fingerprint density at radius 1 is 1.75 bits per heavy atom. The predicted octanol–water partition coefficient (Wildman–Crippen LogP) is 0.0558. The molecule has 12 heavy (non-hydrogen) atoms. The van der Waals surface area contributed by atoms with Crippen molar-refractivity contribution in [3.05, 3.63) is 0 Å². The average Bonchev–Trinajstić information content (AvgIpc) is 2.03. The minimum atomic E-state index is -0.281. The molecule has 70 valence electrons. The molecule has 1 heterocycles. The summed E-state index contributed by atoms with van der Waals surface area (Å²) in [5, 5.41) is 0. The zero-order valence-electron chi connectivity index (χ0n) is 7.29. The van der Waals surface area contributed by atoms with Crippen molar-refractivity contribution in [1.29, 1.82) is 0 Å². The summed E-state index contributed by atoms with van der Waals surface area (Å²) in [6.45, 7) is 2.39. The summed E-state index contributed by atoms with van der Waals surface area (Å²) in [6, 6.07) is 0.0121. The fourth-order valence-electron chi connectivity index (χ4n) is 1.23. The van der Waals surface area contributed by atoms with Crippen LogP contribution in [0.15, 0.2) is 0 Å². The topological polar surface area (TPSA) is 61.5 Å². The van der Waals surface area contributed by atoms with Crippen LogP contribution in [0.3, 0.4) is 0 Å². The molecule has 0 aromatic heterocycles. The molecule has 1 aliphatic heterocycles. The number of rotatable bonds is 2. The second kappa shape index (κ2) is 4.42. The number of hydrogen-bond donors (Lipinski definition) is 1. The average molecular weight is 173 g/mol. The lowest BCUT2D eigenvalue weighted by molar-refractivity contribution is -0.147. The van der Waals surface area contributed by atoms with E-state index in [0.717, 1.165) is 19.4 Å². The summed E-state index contributed by atoms with van der Waals surface area (Å²) in [7, 11) is 0. The normalized spacial score (nSPS) is 29.8. The first-order valence-electron chi connectivity index (χ1n) is 4.20. The summed E-state index contributed by atoms with van der Waals surface area (Å²) in [4.78, 5) is 10.5. The number of carbonyl (C=O) groups is 1. The molecule has 0 saturated carbocycles. The Labute approximate surface area is 72.0 Å². The molecule has 2 N–H and O–H groups in total. The zero-order chi connectivity index (χ0) is 8.97. The molecule has 0 amide bonds.